The summed E-state index contributed by atoms with van der Waals surface area (Å²) < 4.78 is 34.0. The minimum atomic E-state index is -3.70. The van der Waals surface area contributed by atoms with Crippen molar-refractivity contribution >= 4 is 27.2 Å². The van der Waals surface area contributed by atoms with Crippen molar-refractivity contribution in [2.45, 2.75) is 49.3 Å². The first-order chi connectivity index (χ1) is 17.6. The largest absolute Gasteiger partial charge is 0.495 e. The van der Waals surface area contributed by atoms with E-state index in [-0.39, 0.29) is 22.7 Å². The molecule has 1 saturated heterocycles. The first-order valence-corrected chi connectivity index (χ1v) is 13.6. The molecule has 11 heteroatoms. The van der Waals surface area contributed by atoms with Crippen molar-refractivity contribution < 1.29 is 17.9 Å². The molecule has 3 aromatic heterocycles. The molecular weight excluding hydrogens is 492 g/mol. The molecule has 4 heterocycles. The molecule has 2 amide bonds. The van der Waals surface area contributed by atoms with Gasteiger partial charge in [0.05, 0.1) is 42.2 Å². The molecular formula is C26H30N6O4S. The van der Waals surface area contributed by atoms with Crippen LogP contribution in [-0.4, -0.2) is 56.9 Å². The van der Waals surface area contributed by atoms with Gasteiger partial charge < -0.3 is 15.0 Å². The summed E-state index contributed by atoms with van der Waals surface area (Å²) in [4.78, 5) is 19.4. The van der Waals surface area contributed by atoms with E-state index in [2.05, 4.69) is 15.4 Å². The molecule has 1 unspecified atom stereocenters. The van der Waals surface area contributed by atoms with Crippen LogP contribution >= 0.6 is 0 Å². The Labute approximate surface area is 215 Å². The second-order valence-electron chi connectivity index (χ2n) is 10.0. The summed E-state index contributed by atoms with van der Waals surface area (Å²) in [6.07, 6.45) is 8.19. The lowest BCUT2D eigenvalue weighted by Gasteiger charge is -2.25. The van der Waals surface area contributed by atoms with Crippen molar-refractivity contribution in [1.29, 1.82) is 0 Å². The first-order valence-electron chi connectivity index (χ1n) is 12.1. The Balaban J connectivity index is 1.43. The van der Waals surface area contributed by atoms with Gasteiger partial charge in [0.1, 0.15) is 16.3 Å². The fraction of sp³-hybridized carbons (Fsp3) is 0.346. The van der Waals surface area contributed by atoms with Gasteiger partial charge in [-0.25, -0.2) is 22.9 Å². The third-order valence-electron chi connectivity index (χ3n) is 6.64. The highest BCUT2D eigenvalue weighted by atomic mass is 32.2. The lowest BCUT2D eigenvalue weighted by Crippen LogP contribution is -2.34. The smallest absolute Gasteiger partial charge is 0.322 e. The van der Waals surface area contributed by atoms with Crippen LogP contribution in [0.5, 0.6) is 5.75 Å². The predicted octanol–water partition coefficient (Wildman–Crippen LogP) is 4.47. The number of hydrogen-bond acceptors (Lipinski definition) is 6. The number of benzene rings is 1. The van der Waals surface area contributed by atoms with E-state index < -0.39 is 14.6 Å². The number of rotatable bonds is 5. The number of ether oxygens (including phenoxy) is 1. The monoisotopic (exact) mass is 522 g/mol. The summed E-state index contributed by atoms with van der Waals surface area (Å²) in [6, 6.07) is 11.5. The van der Waals surface area contributed by atoms with Gasteiger partial charge in [0.15, 0.2) is 15.7 Å². The summed E-state index contributed by atoms with van der Waals surface area (Å²) in [5, 5.41) is 7.34. The van der Waals surface area contributed by atoms with Crippen LogP contribution < -0.4 is 10.1 Å². The molecule has 194 valence electrons. The van der Waals surface area contributed by atoms with Crippen molar-refractivity contribution in [2.24, 2.45) is 0 Å². The zero-order valence-electron chi connectivity index (χ0n) is 21.2. The van der Waals surface area contributed by atoms with Gasteiger partial charge in [0.2, 0.25) is 0 Å². The molecule has 37 heavy (non-hydrogen) atoms. The number of urea groups is 1. The zero-order chi connectivity index (χ0) is 26.4. The number of nitrogens with one attached hydrogen (secondary N) is 1. The molecule has 1 aliphatic rings. The average molecular weight is 523 g/mol. The molecule has 4 aromatic rings. The maximum atomic E-state index is 13.2. The summed E-state index contributed by atoms with van der Waals surface area (Å²) in [6.45, 7) is 5.61. The van der Waals surface area contributed by atoms with Crippen molar-refractivity contribution in [3.63, 3.8) is 0 Å². The second kappa shape index (κ2) is 9.22. The Morgan fingerprint density at radius 3 is 2.59 bits per heavy atom. The molecule has 1 atom stereocenters. The standard InChI is InChI=1S/C26H30N6O4S/c1-26(2,3)37(34,35)22-17-31-23(13-21(22)36-4)27-15-24(31)32-16-19(14-28-32)29-25(33)30-12-8-11-20(30)18-9-6-5-7-10-18/h5-7,9-10,13-17,20H,8,11-12H2,1-4H3,(H,29,33). The number of sulfone groups is 1. The van der Waals surface area contributed by atoms with Crippen LogP contribution in [-0.2, 0) is 9.84 Å². The summed E-state index contributed by atoms with van der Waals surface area (Å²) in [5.74, 6) is 0.749. The number of pyridine rings is 1. The number of amides is 2. The van der Waals surface area contributed by atoms with Gasteiger partial charge in [-0.1, -0.05) is 30.3 Å². The SMILES string of the molecule is COc1cc2ncc(-n3cc(NC(=O)N4CCCC4c4ccccc4)cn3)n2cc1S(=O)(=O)C(C)(C)C. The molecule has 5 rings (SSSR count). The Morgan fingerprint density at radius 1 is 1.14 bits per heavy atom. The Kier molecular flexibility index (Phi) is 6.18. The van der Waals surface area contributed by atoms with Crippen molar-refractivity contribution in [1.82, 2.24) is 24.1 Å². The molecule has 0 radical (unpaired) electrons. The van der Waals surface area contributed by atoms with Gasteiger partial charge in [0.25, 0.3) is 0 Å². The molecule has 0 saturated carbocycles. The van der Waals surface area contributed by atoms with Crippen LogP contribution in [0.3, 0.4) is 0 Å². The maximum absolute atomic E-state index is 13.2. The molecule has 0 spiro atoms. The van der Waals surface area contributed by atoms with Crippen LogP contribution in [0.15, 0.2) is 66.1 Å². The number of carbonyl (C=O) groups excluding carboxylic acids is 1. The fourth-order valence-corrected chi connectivity index (χ4v) is 5.89. The van der Waals surface area contributed by atoms with Gasteiger partial charge in [-0.15, -0.1) is 0 Å². The van der Waals surface area contributed by atoms with Crippen LogP contribution in [0.2, 0.25) is 0 Å². The Bertz CT molecular complexity index is 1550. The average Bonchev–Trinajstić information content (AvgIpc) is 3.62. The predicted molar refractivity (Wildman–Crippen MR) is 140 cm³/mol. The highest BCUT2D eigenvalue weighted by Gasteiger charge is 2.34. The number of fused-ring (bicyclic) bond motifs is 1. The lowest BCUT2D eigenvalue weighted by molar-refractivity contribution is 0.207. The van der Waals surface area contributed by atoms with E-state index >= 15 is 0 Å². The minimum Gasteiger partial charge on any atom is -0.495 e. The van der Waals surface area contributed by atoms with E-state index in [1.165, 1.54) is 13.3 Å². The van der Waals surface area contributed by atoms with Gasteiger partial charge >= 0.3 is 6.03 Å². The van der Waals surface area contributed by atoms with E-state index in [4.69, 9.17) is 4.74 Å². The molecule has 0 bridgehead atoms. The normalized spacial score (nSPS) is 16.3. The van der Waals surface area contributed by atoms with E-state index in [9.17, 15) is 13.2 Å². The highest BCUT2D eigenvalue weighted by molar-refractivity contribution is 7.92. The van der Waals surface area contributed by atoms with Gasteiger partial charge in [-0.3, -0.25) is 4.40 Å². The molecule has 0 aliphatic carbocycles. The van der Waals surface area contributed by atoms with Crippen molar-refractivity contribution in [2.75, 3.05) is 19.0 Å². The van der Waals surface area contributed by atoms with Crippen molar-refractivity contribution in [3.05, 3.63) is 66.7 Å². The molecule has 1 N–H and O–H groups in total. The molecule has 10 nitrogen and oxygen atoms in total. The summed E-state index contributed by atoms with van der Waals surface area (Å²) >= 11 is 0. The lowest BCUT2D eigenvalue weighted by atomic mass is 10.1. The molecule has 1 fully saturated rings. The van der Waals surface area contributed by atoms with Crippen LogP contribution in [0.1, 0.15) is 45.2 Å². The second-order valence-corrected chi connectivity index (χ2v) is 12.7. The van der Waals surface area contributed by atoms with E-state index in [1.807, 2.05) is 35.2 Å². The minimum absolute atomic E-state index is 0.0354. The Morgan fingerprint density at radius 2 is 1.89 bits per heavy atom. The van der Waals surface area contributed by atoms with Crippen molar-refractivity contribution in [3.8, 4) is 11.6 Å². The molecule has 1 aliphatic heterocycles. The number of likely N-dealkylation sites (tertiary alicyclic amines) is 1. The van der Waals surface area contributed by atoms with E-state index in [0.717, 1.165) is 18.4 Å². The Hall–Kier alpha value is -3.86. The van der Waals surface area contributed by atoms with Gasteiger partial charge in [-0.05, 0) is 39.2 Å². The third-order valence-corrected chi connectivity index (χ3v) is 9.14. The summed E-state index contributed by atoms with van der Waals surface area (Å²) in [7, 11) is -2.27. The number of carbonyl (C=O) groups is 1. The van der Waals surface area contributed by atoms with E-state index in [1.54, 1.807) is 54.5 Å². The number of aromatic nitrogens is 4. The van der Waals surface area contributed by atoms with E-state index in [0.29, 0.717) is 23.7 Å². The number of imidazole rings is 1. The van der Waals surface area contributed by atoms with Crippen LogP contribution in [0.4, 0.5) is 10.5 Å². The fourth-order valence-electron chi connectivity index (χ4n) is 4.57. The topological polar surface area (TPSA) is 111 Å². The number of anilines is 1. The quantitative estimate of drug-likeness (QED) is 0.414. The highest BCUT2D eigenvalue weighted by Crippen LogP contribution is 2.34. The van der Waals surface area contributed by atoms with Crippen LogP contribution in [0, 0.1) is 0 Å². The van der Waals surface area contributed by atoms with Gasteiger partial charge in [-0.2, -0.15) is 5.10 Å². The number of hydrogen-bond donors (Lipinski definition) is 1. The number of methoxy groups -OCH3 is 1. The van der Waals surface area contributed by atoms with Gasteiger partial charge in [0, 0.05) is 18.8 Å². The summed E-state index contributed by atoms with van der Waals surface area (Å²) in [5.41, 5.74) is 2.14. The van der Waals surface area contributed by atoms with Crippen LogP contribution in [0.25, 0.3) is 11.5 Å². The maximum Gasteiger partial charge on any atom is 0.322 e. The number of nitrogens with zero attached hydrogens (tertiary/aromatic N) is 5. The molecule has 1 aromatic carbocycles. The first kappa shape index (κ1) is 24.8. The zero-order valence-corrected chi connectivity index (χ0v) is 22.1. The third kappa shape index (κ3) is 4.43.